The van der Waals surface area contributed by atoms with E-state index in [0.29, 0.717) is 5.95 Å². The summed E-state index contributed by atoms with van der Waals surface area (Å²) in [6.45, 7) is 0. The van der Waals surface area contributed by atoms with Crippen molar-refractivity contribution in [2.75, 3.05) is 0 Å². The molecule has 3 aromatic heterocycles. The van der Waals surface area contributed by atoms with Crippen molar-refractivity contribution in [1.82, 2.24) is 14.5 Å². The summed E-state index contributed by atoms with van der Waals surface area (Å²) in [4.78, 5) is 10.5. The van der Waals surface area contributed by atoms with Gasteiger partial charge >= 0.3 is 0 Å². The second-order valence-electron chi connectivity index (χ2n) is 14.8. The van der Waals surface area contributed by atoms with Gasteiger partial charge in [0.15, 0.2) is 0 Å². The monoisotopic (exact) mass is 715 g/mol. The summed E-state index contributed by atoms with van der Waals surface area (Å²) in [5.74, 6) is 0.665. The maximum absolute atomic E-state index is 6.47. The van der Waals surface area contributed by atoms with Crippen LogP contribution < -0.4 is 0 Å². The summed E-state index contributed by atoms with van der Waals surface area (Å²) in [6, 6.07) is 58.3. The molecule has 0 N–H and O–H groups in total. The third-order valence-corrected chi connectivity index (χ3v) is 11.7. The van der Waals surface area contributed by atoms with Crippen molar-refractivity contribution >= 4 is 87.3 Å². The van der Waals surface area contributed by atoms with Crippen LogP contribution in [0.15, 0.2) is 180 Å². The van der Waals surface area contributed by atoms with E-state index in [1.54, 1.807) is 0 Å². The van der Waals surface area contributed by atoms with Crippen LogP contribution in [0.4, 0.5) is 0 Å². The highest BCUT2D eigenvalue weighted by Gasteiger charge is 2.21. The normalized spacial score (nSPS) is 13.4. The number of benzene rings is 8. The second-order valence-corrected chi connectivity index (χ2v) is 14.8. The second kappa shape index (κ2) is 12.1. The Morgan fingerprint density at radius 2 is 1.20 bits per heavy atom. The molecule has 4 nitrogen and oxygen atoms in total. The zero-order valence-corrected chi connectivity index (χ0v) is 30.4. The van der Waals surface area contributed by atoms with Gasteiger partial charge < -0.3 is 4.42 Å². The van der Waals surface area contributed by atoms with Crippen molar-refractivity contribution in [3.8, 4) is 17.2 Å². The minimum atomic E-state index is 0.665. The van der Waals surface area contributed by atoms with Crippen LogP contribution in [-0.2, 0) is 0 Å². The van der Waals surface area contributed by atoms with Gasteiger partial charge in [-0.25, -0.2) is 9.97 Å². The first-order valence-corrected chi connectivity index (χ1v) is 19.3. The highest BCUT2D eigenvalue weighted by atomic mass is 16.3. The lowest BCUT2D eigenvalue weighted by atomic mass is 9.89. The average Bonchev–Trinajstić information content (AvgIpc) is 3.82. The molecule has 262 valence electrons. The van der Waals surface area contributed by atoms with Gasteiger partial charge in [0, 0.05) is 32.5 Å². The third kappa shape index (κ3) is 4.72. The molecule has 0 aliphatic heterocycles. The van der Waals surface area contributed by atoms with Crippen LogP contribution in [-0.4, -0.2) is 14.5 Å². The van der Waals surface area contributed by atoms with Gasteiger partial charge in [0.25, 0.3) is 0 Å². The maximum atomic E-state index is 6.47. The number of furan rings is 1. The van der Waals surface area contributed by atoms with Gasteiger partial charge in [-0.1, -0.05) is 133 Å². The Balaban J connectivity index is 1.02. The van der Waals surface area contributed by atoms with E-state index in [9.17, 15) is 0 Å². The largest absolute Gasteiger partial charge is 0.456 e. The lowest BCUT2D eigenvalue weighted by Crippen LogP contribution is -2.03. The van der Waals surface area contributed by atoms with Gasteiger partial charge in [-0.3, -0.25) is 4.57 Å². The first-order valence-electron chi connectivity index (χ1n) is 19.3. The highest BCUT2D eigenvalue weighted by Crippen LogP contribution is 2.41. The summed E-state index contributed by atoms with van der Waals surface area (Å²) < 4.78 is 8.72. The van der Waals surface area contributed by atoms with Gasteiger partial charge in [0.2, 0.25) is 5.95 Å². The van der Waals surface area contributed by atoms with Crippen LogP contribution in [0.1, 0.15) is 24.0 Å². The van der Waals surface area contributed by atoms with Crippen LogP contribution in [0.25, 0.3) is 105 Å². The van der Waals surface area contributed by atoms with E-state index in [0.717, 1.165) is 62.6 Å². The Morgan fingerprint density at radius 3 is 2.05 bits per heavy atom. The van der Waals surface area contributed by atoms with Crippen LogP contribution in [0, 0.1) is 0 Å². The Morgan fingerprint density at radius 1 is 0.482 bits per heavy atom. The molecular formula is C52H33N3O. The smallest absolute Gasteiger partial charge is 0.235 e. The van der Waals surface area contributed by atoms with Crippen LogP contribution in [0.2, 0.25) is 0 Å². The predicted octanol–water partition coefficient (Wildman–Crippen LogP) is 13.9. The fraction of sp³-hybridized carbons (Fsp3) is 0.0385. The first-order chi connectivity index (χ1) is 27.7. The Hall–Kier alpha value is -7.30. The number of rotatable bonds is 4. The van der Waals surface area contributed by atoms with Crippen molar-refractivity contribution in [2.24, 2.45) is 0 Å². The van der Waals surface area contributed by atoms with Crippen LogP contribution in [0.5, 0.6) is 0 Å². The number of allylic oxidation sites excluding steroid dienone is 4. The van der Waals surface area contributed by atoms with E-state index in [1.165, 1.54) is 60.0 Å². The van der Waals surface area contributed by atoms with E-state index in [4.69, 9.17) is 14.4 Å². The summed E-state index contributed by atoms with van der Waals surface area (Å²) in [7, 11) is 0. The van der Waals surface area contributed by atoms with E-state index < -0.39 is 0 Å². The average molecular weight is 716 g/mol. The number of fused-ring (bicyclic) bond motifs is 11. The zero-order chi connectivity index (χ0) is 36.7. The van der Waals surface area contributed by atoms with E-state index >= 15 is 0 Å². The molecule has 0 saturated heterocycles. The predicted molar refractivity (Wildman–Crippen MR) is 233 cm³/mol. The molecule has 56 heavy (non-hydrogen) atoms. The van der Waals surface area contributed by atoms with Gasteiger partial charge in [-0.05, 0) is 99.1 Å². The molecule has 0 unspecified atom stereocenters. The summed E-state index contributed by atoms with van der Waals surface area (Å²) in [5, 5.41) is 10.7. The molecule has 0 radical (unpaired) electrons. The molecule has 1 aliphatic carbocycles. The minimum Gasteiger partial charge on any atom is -0.456 e. The van der Waals surface area contributed by atoms with Gasteiger partial charge in [-0.15, -0.1) is 0 Å². The number of nitrogens with zero attached hydrogens (tertiary/aromatic N) is 3. The summed E-state index contributed by atoms with van der Waals surface area (Å²) in [6.07, 6.45) is 6.71. The molecular weight excluding hydrogens is 683 g/mol. The SMILES string of the molecule is C1=C(c2ccc3c(c2)c2c4ccccc4ccc2n3-c2nc(-c3ccccc3)c3ccccc3n2)C=C(c2ccc3c(c2)oc2ccc4ccccc4c23)CC1. The van der Waals surface area contributed by atoms with Gasteiger partial charge in [0.1, 0.15) is 11.2 Å². The lowest BCUT2D eigenvalue weighted by Gasteiger charge is -2.15. The van der Waals surface area contributed by atoms with Crippen LogP contribution in [0.3, 0.4) is 0 Å². The minimum absolute atomic E-state index is 0.665. The van der Waals surface area contributed by atoms with Gasteiger partial charge in [0.05, 0.1) is 22.2 Å². The Kier molecular flexibility index (Phi) is 6.72. The Labute approximate surface area is 322 Å². The molecule has 12 rings (SSSR count). The lowest BCUT2D eigenvalue weighted by molar-refractivity contribution is 0.669. The molecule has 8 aromatic carbocycles. The first kappa shape index (κ1) is 31.1. The number of hydrogen-bond donors (Lipinski definition) is 0. The molecule has 0 bridgehead atoms. The molecule has 3 heterocycles. The molecule has 11 aromatic rings. The van der Waals surface area contributed by atoms with E-state index in [-0.39, 0.29) is 0 Å². The van der Waals surface area contributed by atoms with Crippen molar-refractivity contribution < 1.29 is 4.42 Å². The number of hydrogen-bond acceptors (Lipinski definition) is 3. The summed E-state index contributed by atoms with van der Waals surface area (Å²) >= 11 is 0. The maximum Gasteiger partial charge on any atom is 0.235 e. The topological polar surface area (TPSA) is 43.9 Å². The fourth-order valence-corrected chi connectivity index (χ4v) is 9.04. The quantitative estimate of drug-likeness (QED) is 0.182. The molecule has 0 atom stereocenters. The molecule has 0 fully saturated rings. The van der Waals surface area contributed by atoms with Crippen molar-refractivity contribution in [3.63, 3.8) is 0 Å². The van der Waals surface area contributed by atoms with Crippen LogP contribution >= 0.6 is 0 Å². The van der Waals surface area contributed by atoms with Crippen molar-refractivity contribution in [1.29, 1.82) is 0 Å². The van der Waals surface area contributed by atoms with Crippen molar-refractivity contribution in [3.05, 3.63) is 187 Å². The fourth-order valence-electron chi connectivity index (χ4n) is 9.04. The third-order valence-electron chi connectivity index (χ3n) is 11.7. The van der Waals surface area contributed by atoms with E-state index in [2.05, 4.69) is 174 Å². The molecule has 1 aliphatic rings. The molecule has 0 amide bonds. The standard InChI is InChI=1S/C52H33N3O/c1-2-13-34(14-3-1)51-41-19-8-9-20-44(41)53-52(54-51)55-45-26-23-37(30-43(45)49-39-17-6-4-11-32(39)22-27-46(49)55)35-15-10-16-36(29-35)38-21-25-42-48(31-38)56-47-28-24-33-12-5-7-18-40(33)50(42)47/h1-9,11-15,17-31H,10,16H2. The number of para-hydroxylation sites is 1. The molecule has 4 heteroatoms. The Bertz CT molecular complexity index is 3470. The highest BCUT2D eigenvalue weighted by molar-refractivity contribution is 6.22. The van der Waals surface area contributed by atoms with E-state index in [1.807, 2.05) is 6.07 Å². The van der Waals surface area contributed by atoms with Crippen molar-refractivity contribution in [2.45, 2.75) is 12.8 Å². The molecule has 0 spiro atoms. The zero-order valence-electron chi connectivity index (χ0n) is 30.4. The number of aromatic nitrogens is 3. The summed E-state index contributed by atoms with van der Waals surface area (Å²) in [5.41, 5.74) is 11.9. The van der Waals surface area contributed by atoms with Gasteiger partial charge in [-0.2, -0.15) is 0 Å². The molecule has 0 saturated carbocycles.